The minimum Gasteiger partial charge on any atom is -0.350 e. The van der Waals surface area contributed by atoms with Crippen molar-refractivity contribution in [2.75, 3.05) is 14.2 Å². The van der Waals surface area contributed by atoms with Gasteiger partial charge in [0.15, 0.2) is 5.82 Å². The molecule has 1 aromatic carbocycles. The first-order chi connectivity index (χ1) is 10.1. The number of rotatable bonds is 5. The number of nitro benzene ring substituents is 1. The Bertz CT molecular complexity index is 656. The molecule has 7 heteroatoms. The molecule has 0 fully saturated rings. The van der Waals surface area contributed by atoms with Crippen LogP contribution < -0.4 is 0 Å². The molecule has 0 radical (unpaired) electrons. The van der Waals surface area contributed by atoms with Gasteiger partial charge in [-0.2, -0.15) is 0 Å². The van der Waals surface area contributed by atoms with E-state index < -0.39 is 11.2 Å². The second-order valence-electron chi connectivity index (χ2n) is 4.36. The molecule has 0 aliphatic carbocycles. The van der Waals surface area contributed by atoms with Gasteiger partial charge in [0.25, 0.3) is 5.69 Å². The van der Waals surface area contributed by atoms with Crippen molar-refractivity contribution in [3.8, 4) is 11.4 Å². The van der Waals surface area contributed by atoms with E-state index in [0.717, 1.165) is 5.56 Å². The maximum Gasteiger partial charge on any atom is 0.270 e. The van der Waals surface area contributed by atoms with Gasteiger partial charge in [-0.1, -0.05) is 6.07 Å². The van der Waals surface area contributed by atoms with Gasteiger partial charge in [-0.3, -0.25) is 10.1 Å². The first-order valence-corrected chi connectivity index (χ1v) is 6.20. The summed E-state index contributed by atoms with van der Waals surface area (Å²) in [6, 6.07) is 6.26. The predicted molar refractivity (Wildman–Crippen MR) is 75.6 cm³/mol. The van der Waals surface area contributed by atoms with Crippen LogP contribution in [0.5, 0.6) is 0 Å². The van der Waals surface area contributed by atoms with Gasteiger partial charge in [0, 0.05) is 38.1 Å². The van der Waals surface area contributed by atoms with Crippen LogP contribution in [-0.2, 0) is 9.47 Å². The van der Waals surface area contributed by atoms with Crippen molar-refractivity contribution in [2.24, 2.45) is 0 Å². The lowest BCUT2D eigenvalue weighted by Crippen LogP contribution is -2.07. The van der Waals surface area contributed by atoms with Crippen LogP contribution in [0.1, 0.15) is 17.5 Å². The van der Waals surface area contributed by atoms with Gasteiger partial charge in [0.1, 0.15) is 5.69 Å². The van der Waals surface area contributed by atoms with E-state index in [1.54, 1.807) is 18.3 Å². The number of aromatic nitrogens is 2. The van der Waals surface area contributed by atoms with Crippen LogP contribution in [0.15, 0.2) is 30.5 Å². The smallest absolute Gasteiger partial charge is 0.270 e. The number of hydrogen-bond acceptors (Lipinski definition) is 6. The third kappa shape index (κ3) is 3.21. The number of benzene rings is 1. The van der Waals surface area contributed by atoms with Gasteiger partial charge >= 0.3 is 0 Å². The van der Waals surface area contributed by atoms with E-state index in [1.807, 2.05) is 6.92 Å². The number of aryl methyl sites for hydroxylation is 1. The van der Waals surface area contributed by atoms with Gasteiger partial charge < -0.3 is 9.47 Å². The summed E-state index contributed by atoms with van der Waals surface area (Å²) in [6.07, 6.45) is 0.965. The standard InChI is InChI=1S/C14H15N3O4/c1-9-4-5-10(17(18)19)8-11(9)13-15-7-6-12(16-13)14(20-2)21-3/h4-8,14H,1-3H3. The van der Waals surface area contributed by atoms with Gasteiger partial charge in [-0.25, -0.2) is 9.97 Å². The quantitative estimate of drug-likeness (QED) is 0.477. The summed E-state index contributed by atoms with van der Waals surface area (Å²) >= 11 is 0. The Morgan fingerprint density at radius 3 is 2.57 bits per heavy atom. The van der Waals surface area contributed by atoms with Crippen LogP contribution in [0, 0.1) is 17.0 Å². The lowest BCUT2D eigenvalue weighted by atomic mass is 10.1. The largest absolute Gasteiger partial charge is 0.350 e. The molecule has 0 saturated heterocycles. The zero-order valence-corrected chi connectivity index (χ0v) is 11.9. The Labute approximate surface area is 121 Å². The fraction of sp³-hybridized carbons (Fsp3) is 0.286. The van der Waals surface area contributed by atoms with Gasteiger partial charge in [-0.05, 0) is 18.6 Å². The SMILES string of the molecule is COC(OC)c1ccnc(-c2cc([N+](=O)[O-])ccc2C)n1. The van der Waals surface area contributed by atoms with Crippen LogP contribution in [0.4, 0.5) is 5.69 Å². The van der Waals surface area contributed by atoms with Gasteiger partial charge in [-0.15, -0.1) is 0 Å². The summed E-state index contributed by atoms with van der Waals surface area (Å²) < 4.78 is 10.3. The molecule has 0 amide bonds. The first-order valence-electron chi connectivity index (χ1n) is 6.20. The van der Waals surface area contributed by atoms with E-state index in [2.05, 4.69) is 9.97 Å². The van der Waals surface area contributed by atoms with Crippen LogP contribution in [0.2, 0.25) is 0 Å². The Balaban J connectivity index is 2.49. The average molecular weight is 289 g/mol. The van der Waals surface area contributed by atoms with E-state index in [1.165, 1.54) is 26.4 Å². The van der Waals surface area contributed by atoms with E-state index in [4.69, 9.17) is 9.47 Å². The third-order valence-corrected chi connectivity index (χ3v) is 3.02. The molecule has 2 rings (SSSR count). The molecule has 0 spiro atoms. The van der Waals surface area contributed by atoms with E-state index in [0.29, 0.717) is 17.1 Å². The molecule has 0 atom stereocenters. The highest BCUT2D eigenvalue weighted by molar-refractivity contribution is 5.63. The topological polar surface area (TPSA) is 87.4 Å². The van der Waals surface area contributed by atoms with Crippen molar-refractivity contribution < 1.29 is 14.4 Å². The highest BCUT2D eigenvalue weighted by Gasteiger charge is 2.15. The molecular formula is C14H15N3O4. The number of nitro groups is 1. The molecule has 21 heavy (non-hydrogen) atoms. The van der Waals surface area contributed by atoms with Crippen LogP contribution in [0.3, 0.4) is 0 Å². The van der Waals surface area contributed by atoms with Crippen LogP contribution in [0.25, 0.3) is 11.4 Å². The van der Waals surface area contributed by atoms with Crippen molar-refractivity contribution >= 4 is 5.69 Å². The lowest BCUT2D eigenvalue weighted by molar-refractivity contribution is -0.384. The number of non-ortho nitro benzene ring substituents is 1. The molecule has 0 aliphatic heterocycles. The summed E-state index contributed by atoms with van der Waals surface area (Å²) in [6.45, 7) is 1.85. The van der Waals surface area contributed by atoms with Gasteiger partial charge in [0.05, 0.1) is 4.92 Å². The normalized spacial score (nSPS) is 10.9. The summed E-state index contributed by atoms with van der Waals surface area (Å²) in [4.78, 5) is 19.0. The molecule has 0 bridgehead atoms. The zero-order chi connectivity index (χ0) is 15.4. The van der Waals surface area contributed by atoms with Crippen LogP contribution in [-0.4, -0.2) is 29.1 Å². The van der Waals surface area contributed by atoms with Crippen molar-refractivity contribution in [1.29, 1.82) is 0 Å². The van der Waals surface area contributed by atoms with Crippen molar-refractivity contribution in [3.63, 3.8) is 0 Å². The molecule has 1 aromatic heterocycles. The first kappa shape index (κ1) is 15.0. The number of ether oxygens (including phenoxy) is 2. The average Bonchev–Trinajstić information content (AvgIpc) is 2.49. The monoisotopic (exact) mass is 289 g/mol. The number of methoxy groups -OCH3 is 2. The Kier molecular flexibility index (Phi) is 4.56. The molecule has 7 nitrogen and oxygen atoms in total. The summed E-state index contributed by atoms with van der Waals surface area (Å²) in [5.41, 5.74) is 2.01. The molecule has 2 aromatic rings. The molecule has 1 heterocycles. The van der Waals surface area contributed by atoms with Crippen molar-refractivity contribution in [3.05, 3.63) is 51.8 Å². The predicted octanol–water partition coefficient (Wildman–Crippen LogP) is 2.65. The molecule has 0 aliphatic rings. The summed E-state index contributed by atoms with van der Waals surface area (Å²) in [7, 11) is 3.02. The second-order valence-corrected chi connectivity index (χ2v) is 4.36. The van der Waals surface area contributed by atoms with Gasteiger partial charge in [0.2, 0.25) is 6.29 Å². The second kappa shape index (κ2) is 6.38. The van der Waals surface area contributed by atoms with E-state index in [-0.39, 0.29) is 5.69 Å². The molecule has 0 saturated carbocycles. The maximum atomic E-state index is 10.9. The lowest BCUT2D eigenvalue weighted by Gasteiger charge is -2.13. The number of nitrogens with zero attached hydrogens (tertiary/aromatic N) is 3. The maximum absolute atomic E-state index is 10.9. The van der Waals surface area contributed by atoms with E-state index >= 15 is 0 Å². The van der Waals surface area contributed by atoms with Crippen LogP contribution >= 0.6 is 0 Å². The summed E-state index contributed by atoms with van der Waals surface area (Å²) in [5.74, 6) is 0.396. The van der Waals surface area contributed by atoms with Crippen molar-refractivity contribution in [1.82, 2.24) is 9.97 Å². The fourth-order valence-electron chi connectivity index (χ4n) is 1.94. The highest BCUT2D eigenvalue weighted by Crippen LogP contribution is 2.26. The van der Waals surface area contributed by atoms with Crippen molar-refractivity contribution in [2.45, 2.75) is 13.2 Å². The Morgan fingerprint density at radius 1 is 1.24 bits per heavy atom. The Hall–Kier alpha value is -2.38. The Morgan fingerprint density at radius 2 is 1.95 bits per heavy atom. The molecule has 110 valence electrons. The third-order valence-electron chi connectivity index (χ3n) is 3.02. The zero-order valence-electron chi connectivity index (χ0n) is 11.9. The summed E-state index contributed by atoms with van der Waals surface area (Å²) in [5, 5.41) is 10.9. The molecule has 0 unspecified atom stereocenters. The highest BCUT2D eigenvalue weighted by atomic mass is 16.7. The molecule has 0 N–H and O–H groups in total. The minimum absolute atomic E-state index is 0.000337. The van der Waals surface area contributed by atoms with E-state index in [9.17, 15) is 10.1 Å². The molecular weight excluding hydrogens is 274 g/mol. The fourth-order valence-corrected chi connectivity index (χ4v) is 1.94. The number of hydrogen-bond donors (Lipinski definition) is 0. The minimum atomic E-state index is -0.606.